The van der Waals surface area contributed by atoms with Crippen molar-refractivity contribution in [3.63, 3.8) is 0 Å². The van der Waals surface area contributed by atoms with E-state index in [2.05, 4.69) is 53.3 Å². The second-order valence-corrected chi connectivity index (χ2v) is 6.69. The molecule has 0 aliphatic heterocycles. The van der Waals surface area contributed by atoms with Crippen LogP contribution in [0, 0.1) is 6.92 Å². The molecule has 2 aromatic rings. The maximum atomic E-state index is 6.32. The van der Waals surface area contributed by atoms with Gasteiger partial charge < -0.3 is 5.32 Å². The van der Waals surface area contributed by atoms with E-state index in [9.17, 15) is 0 Å². The van der Waals surface area contributed by atoms with Crippen molar-refractivity contribution in [1.29, 1.82) is 0 Å². The lowest BCUT2D eigenvalue weighted by molar-refractivity contribution is 0.547. The molecule has 1 nitrogen and oxygen atoms in total. The lowest BCUT2D eigenvalue weighted by atomic mass is 9.97. The Balaban J connectivity index is 2.35. The first kappa shape index (κ1) is 16.8. The van der Waals surface area contributed by atoms with Crippen molar-refractivity contribution < 1.29 is 0 Å². The van der Waals surface area contributed by atoms with Crippen LogP contribution in [-0.4, -0.2) is 6.54 Å². The van der Waals surface area contributed by atoms with Crippen LogP contribution in [0.25, 0.3) is 0 Å². The van der Waals surface area contributed by atoms with Gasteiger partial charge in [-0.2, -0.15) is 0 Å². The van der Waals surface area contributed by atoms with Crippen molar-refractivity contribution in [2.45, 2.75) is 26.3 Å². The summed E-state index contributed by atoms with van der Waals surface area (Å²) in [6.45, 7) is 5.10. The van der Waals surface area contributed by atoms with Crippen molar-refractivity contribution in [1.82, 2.24) is 5.32 Å². The number of benzene rings is 2. The maximum absolute atomic E-state index is 6.32. The van der Waals surface area contributed by atoms with E-state index in [1.54, 1.807) is 0 Å². The average molecular weight is 387 g/mol. The van der Waals surface area contributed by atoms with Crippen LogP contribution in [0.4, 0.5) is 0 Å². The fourth-order valence-electron chi connectivity index (χ4n) is 2.39. The minimum atomic E-state index is 0.195. The molecular weight excluding hydrogens is 369 g/mol. The summed E-state index contributed by atoms with van der Waals surface area (Å²) >= 11 is 16.1. The first-order chi connectivity index (χ1) is 10.0. The third-order valence-electron chi connectivity index (χ3n) is 3.43. The third-order valence-corrected chi connectivity index (χ3v) is 5.01. The predicted octanol–water partition coefficient (Wildman–Crippen LogP) is 5.96. The summed E-state index contributed by atoms with van der Waals surface area (Å²) in [4.78, 5) is 0. The van der Waals surface area contributed by atoms with E-state index in [0.717, 1.165) is 23.0 Å². The summed E-state index contributed by atoms with van der Waals surface area (Å²) in [7, 11) is 0. The van der Waals surface area contributed by atoms with Crippen LogP contribution in [0.2, 0.25) is 10.0 Å². The molecule has 1 unspecified atom stereocenters. The molecule has 0 bridgehead atoms. The Morgan fingerprint density at radius 1 is 1.19 bits per heavy atom. The number of aryl methyl sites for hydroxylation is 1. The number of rotatable bonds is 5. The molecule has 0 radical (unpaired) electrons. The molecule has 0 amide bonds. The Kier molecular flexibility index (Phi) is 6.12. The molecule has 112 valence electrons. The fraction of sp³-hybridized carbons (Fsp3) is 0.294. The zero-order valence-corrected chi connectivity index (χ0v) is 15.2. The molecular formula is C17H18BrCl2N. The predicted molar refractivity (Wildman–Crippen MR) is 95.5 cm³/mol. The Bertz CT molecular complexity index is 628. The monoisotopic (exact) mass is 385 g/mol. The van der Waals surface area contributed by atoms with Gasteiger partial charge in [0.2, 0.25) is 0 Å². The summed E-state index contributed by atoms with van der Waals surface area (Å²) in [5.41, 5.74) is 3.55. The highest BCUT2D eigenvalue weighted by atomic mass is 79.9. The Morgan fingerprint density at radius 2 is 1.95 bits per heavy atom. The summed E-state index contributed by atoms with van der Waals surface area (Å²) in [6, 6.07) is 12.4. The molecule has 0 spiro atoms. The zero-order chi connectivity index (χ0) is 15.4. The van der Waals surface area contributed by atoms with E-state index < -0.39 is 0 Å². The third kappa shape index (κ3) is 4.23. The minimum Gasteiger partial charge on any atom is -0.310 e. The van der Waals surface area contributed by atoms with Crippen LogP contribution in [0.1, 0.15) is 29.7 Å². The highest BCUT2D eigenvalue weighted by Crippen LogP contribution is 2.32. The molecule has 21 heavy (non-hydrogen) atoms. The minimum absolute atomic E-state index is 0.195. The number of halogens is 3. The van der Waals surface area contributed by atoms with Gasteiger partial charge in [0.1, 0.15) is 0 Å². The summed E-state index contributed by atoms with van der Waals surface area (Å²) in [5, 5.41) is 4.78. The van der Waals surface area contributed by atoms with Crippen molar-refractivity contribution in [3.8, 4) is 0 Å². The molecule has 0 aliphatic rings. The maximum Gasteiger partial charge on any atom is 0.0624 e. The summed E-state index contributed by atoms with van der Waals surface area (Å²) in [6.07, 6.45) is 0.801. The van der Waals surface area contributed by atoms with Gasteiger partial charge in [0, 0.05) is 10.5 Å². The summed E-state index contributed by atoms with van der Waals surface area (Å²) in [5.74, 6) is 0. The first-order valence-electron chi connectivity index (χ1n) is 6.95. The van der Waals surface area contributed by atoms with Crippen LogP contribution < -0.4 is 5.32 Å². The van der Waals surface area contributed by atoms with Gasteiger partial charge in [-0.1, -0.05) is 75.9 Å². The molecule has 0 saturated heterocycles. The Labute approximate surface area is 144 Å². The standard InChI is InChI=1S/C17H18BrCl2N/c1-3-21-16(13-9-11(2)7-8-14(13)18)10-12-5-4-6-15(19)17(12)20/h4-9,16,21H,3,10H2,1-2H3. The molecule has 0 saturated carbocycles. The van der Waals surface area contributed by atoms with Gasteiger partial charge in [-0.05, 0) is 43.1 Å². The van der Waals surface area contributed by atoms with Crippen LogP contribution >= 0.6 is 39.1 Å². The van der Waals surface area contributed by atoms with Gasteiger partial charge in [-0.25, -0.2) is 0 Å². The van der Waals surface area contributed by atoms with Gasteiger partial charge in [0.15, 0.2) is 0 Å². The van der Waals surface area contributed by atoms with Gasteiger partial charge in [-0.15, -0.1) is 0 Å². The van der Waals surface area contributed by atoms with Crippen LogP contribution in [0.15, 0.2) is 40.9 Å². The quantitative estimate of drug-likeness (QED) is 0.668. The SMILES string of the molecule is CCNC(Cc1cccc(Cl)c1Cl)c1cc(C)ccc1Br. The highest BCUT2D eigenvalue weighted by Gasteiger charge is 2.16. The Hall–Kier alpha value is -0.540. The number of nitrogens with one attached hydrogen (secondary N) is 1. The van der Waals surface area contributed by atoms with Gasteiger partial charge in [-0.3, -0.25) is 0 Å². The Morgan fingerprint density at radius 3 is 2.67 bits per heavy atom. The number of hydrogen-bond acceptors (Lipinski definition) is 1. The molecule has 0 aliphatic carbocycles. The normalized spacial score (nSPS) is 12.4. The molecule has 2 rings (SSSR count). The summed E-state index contributed by atoms with van der Waals surface area (Å²) < 4.78 is 1.11. The smallest absolute Gasteiger partial charge is 0.0624 e. The topological polar surface area (TPSA) is 12.0 Å². The average Bonchev–Trinajstić information content (AvgIpc) is 2.46. The molecule has 4 heteroatoms. The van der Waals surface area contributed by atoms with E-state index in [1.165, 1.54) is 11.1 Å². The fourth-order valence-corrected chi connectivity index (χ4v) is 3.31. The molecule has 0 fully saturated rings. The van der Waals surface area contributed by atoms with Gasteiger partial charge in [0.25, 0.3) is 0 Å². The van der Waals surface area contributed by atoms with Crippen molar-refractivity contribution >= 4 is 39.1 Å². The van der Waals surface area contributed by atoms with Crippen LogP contribution in [-0.2, 0) is 6.42 Å². The van der Waals surface area contributed by atoms with Gasteiger partial charge >= 0.3 is 0 Å². The van der Waals surface area contributed by atoms with E-state index >= 15 is 0 Å². The van der Waals surface area contributed by atoms with E-state index in [1.807, 2.05) is 18.2 Å². The van der Waals surface area contributed by atoms with Gasteiger partial charge in [0.05, 0.1) is 10.0 Å². The van der Waals surface area contributed by atoms with E-state index in [4.69, 9.17) is 23.2 Å². The molecule has 0 heterocycles. The number of likely N-dealkylation sites (N-methyl/N-ethyl adjacent to an activating group) is 1. The molecule has 1 N–H and O–H groups in total. The second-order valence-electron chi connectivity index (χ2n) is 5.05. The first-order valence-corrected chi connectivity index (χ1v) is 8.50. The largest absolute Gasteiger partial charge is 0.310 e. The van der Waals surface area contributed by atoms with Crippen molar-refractivity contribution in [3.05, 3.63) is 67.6 Å². The van der Waals surface area contributed by atoms with Crippen molar-refractivity contribution in [2.24, 2.45) is 0 Å². The van der Waals surface area contributed by atoms with Crippen LogP contribution in [0.5, 0.6) is 0 Å². The lowest BCUT2D eigenvalue weighted by Crippen LogP contribution is -2.23. The number of hydrogen-bond donors (Lipinski definition) is 1. The van der Waals surface area contributed by atoms with E-state index in [-0.39, 0.29) is 6.04 Å². The zero-order valence-electron chi connectivity index (χ0n) is 12.1. The molecule has 2 aromatic carbocycles. The van der Waals surface area contributed by atoms with Crippen molar-refractivity contribution in [2.75, 3.05) is 6.54 Å². The van der Waals surface area contributed by atoms with Crippen LogP contribution in [0.3, 0.4) is 0 Å². The highest BCUT2D eigenvalue weighted by molar-refractivity contribution is 9.10. The second kappa shape index (κ2) is 7.64. The van der Waals surface area contributed by atoms with E-state index in [0.29, 0.717) is 10.0 Å². The molecule has 0 aromatic heterocycles. The molecule has 1 atom stereocenters. The lowest BCUT2D eigenvalue weighted by Gasteiger charge is -2.21.